The first-order valence-corrected chi connectivity index (χ1v) is 15.9. The summed E-state index contributed by atoms with van der Waals surface area (Å²) in [7, 11) is 3.98. The molecule has 8 nitrogen and oxygen atoms in total. The largest absolute Gasteiger partial charge is 0.488 e. The van der Waals surface area contributed by atoms with Crippen LogP contribution in [-0.4, -0.2) is 70.2 Å². The number of para-hydroxylation sites is 1. The molecule has 1 aliphatic heterocycles. The van der Waals surface area contributed by atoms with E-state index in [4.69, 9.17) is 27.9 Å². The fourth-order valence-corrected chi connectivity index (χ4v) is 6.31. The van der Waals surface area contributed by atoms with Gasteiger partial charge in [0.25, 0.3) is 0 Å². The number of halogens is 2. The van der Waals surface area contributed by atoms with Crippen LogP contribution in [0.1, 0.15) is 30.5 Å². The number of carbonyl (C=O) groups excluding carboxylic acids is 2. The van der Waals surface area contributed by atoms with Gasteiger partial charge in [0.15, 0.2) is 0 Å². The lowest BCUT2D eigenvalue weighted by atomic mass is 10.0. The van der Waals surface area contributed by atoms with Gasteiger partial charge in [0.2, 0.25) is 11.8 Å². The van der Waals surface area contributed by atoms with Crippen LogP contribution >= 0.6 is 23.2 Å². The van der Waals surface area contributed by atoms with E-state index in [0.29, 0.717) is 46.7 Å². The topological polar surface area (TPSA) is 87.0 Å². The minimum Gasteiger partial charge on any atom is -0.488 e. The number of aliphatic hydroxyl groups excluding tert-OH is 1. The van der Waals surface area contributed by atoms with Gasteiger partial charge >= 0.3 is 0 Å². The maximum atomic E-state index is 13.6. The van der Waals surface area contributed by atoms with Gasteiger partial charge < -0.3 is 24.6 Å². The average molecular weight is 652 g/mol. The van der Waals surface area contributed by atoms with Crippen LogP contribution < -0.4 is 10.1 Å². The Morgan fingerprint density at radius 3 is 2.67 bits per heavy atom. The van der Waals surface area contributed by atoms with Crippen LogP contribution in [0.15, 0.2) is 66.9 Å². The number of benzene rings is 3. The Hall–Kier alpha value is -3.56. The van der Waals surface area contributed by atoms with Gasteiger partial charge in [0.05, 0.1) is 35.5 Å². The molecular formula is C35H40Cl2N4O4. The van der Waals surface area contributed by atoms with Crippen molar-refractivity contribution in [3.05, 3.63) is 93.6 Å². The summed E-state index contributed by atoms with van der Waals surface area (Å²) in [6.07, 6.45) is 2.03. The molecule has 2 heterocycles. The molecule has 0 spiro atoms. The zero-order chi connectivity index (χ0) is 32.2. The Morgan fingerprint density at radius 2 is 1.91 bits per heavy atom. The van der Waals surface area contributed by atoms with E-state index in [-0.39, 0.29) is 49.3 Å². The standard InChI is InChI=1S/C35H40Cl2N4O4/c1-22-17-41(23(2)21-42)35(44)16-25-14-27(38-34(43)15-26-19-40(4)31-8-6-5-7-28(26)31)10-12-32(25)45-33(22)20-39(3)18-24-9-11-29(36)30(37)13-24/h5-14,19,22-23,33,42H,15-18,20-21H2,1-4H3,(H,38,43)/t22-,23+,33-/m0/s1. The number of carbonyl (C=O) groups is 2. The fourth-order valence-electron chi connectivity index (χ4n) is 5.99. The zero-order valence-electron chi connectivity index (χ0n) is 26.1. The highest BCUT2D eigenvalue weighted by Crippen LogP contribution is 2.30. The normalized spacial score (nSPS) is 17.8. The zero-order valence-corrected chi connectivity index (χ0v) is 27.6. The highest BCUT2D eigenvalue weighted by molar-refractivity contribution is 6.42. The second-order valence-corrected chi connectivity index (χ2v) is 13.0. The van der Waals surface area contributed by atoms with Gasteiger partial charge in [-0.15, -0.1) is 0 Å². The first kappa shape index (κ1) is 32.8. The van der Waals surface area contributed by atoms with Crippen LogP contribution in [0.5, 0.6) is 5.75 Å². The van der Waals surface area contributed by atoms with Gasteiger partial charge in [-0.05, 0) is 61.5 Å². The van der Waals surface area contributed by atoms with Crippen LogP contribution in [-0.2, 0) is 36.0 Å². The summed E-state index contributed by atoms with van der Waals surface area (Å²) < 4.78 is 8.67. The highest BCUT2D eigenvalue weighted by atomic mass is 35.5. The molecule has 238 valence electrons. The Bertz CT molecular complexity index is 1690. The lowest BCUT2D eigenvalue weighted by Crippen LogP contribution is -2.47. The molecule has 45 heavy (non-hydrogen) atoms. The van der Waals surface area contributed by atoms with E-state index in [2.05, 4.69) is 17.1 Å². The van der Waals surface area contributed by atoms with Gasteiger partial charge in [-0.3, -0.25) is 14.5 Å². The molecule has 5 rings (SSSR count). The molecule has 0 saturated heterocycles. The molecule has 0 bridgehead atoms. The predicted molar refractivity (Wildman–Crippen MR) is 180 cm³/mol. The van der Waals surface area contributed by atoms with Gasteiger partial charge in [-0.1, -0.05) is 54.4 Å². The maximum absolute atomic E-state index is 13.6. The van der Waals surface area contributed by atoms with Crippen LogP contribution in [0.2, 0.25) is 10.0 Å². The number of rotatable bonds is 9. The van der Waals surface area contributed by atoms with Crippen LogP contribution in [0, 0.1) is 5.92 Å². The Labute approximate surface area is 274 Å². The summed E-state index contributed by atoms with van der Waals surface area (Å²) in [4.78, 5) is 30.6. The molecule has 0 fully saturated rings. The smallest absolute Gasteiger partial charge is 0.228 e. The van der Waals surface area contributed by atoms with Crippen LogP contribution in [0.4, 0.5) is 5.69 Å². The number of amides is 2. The first-order chi connectivity index (χ1) is 21.5. The number of aromatic nitrogens is 1. The Balaban J connectivity index is 1.37. The van der Waals surface area contributed by atoms with Crippen LogP contribution in [0.25, 0.3) is 10.9 Å². The number of aliphatic hydroxyl groups is 1. The number of fused-ring (bicyclic) bond motifs is 2. The highest BCUT2D eigenvalue weighted by Gasteiger charge is 2.31. The number of nitrogens with one attached hydrogen (secondary N) is 1. The molecule has 3 aromatic carbocycles. The second kappa shape index (κ2) is 14.3. The third-order valence-electron chi connectivity index (χ3n) is 8.46. The molecule has 0 saturated carbocycles. The number of likely N-dealkylation sites (N-methyl/N-ethyl adjacent to an activating group) is 1. The molecular weight excluding hydrogens is 611 g/mol. The summed E-state index contributed by atoms with van der Waals surface area (Å²) in [5.74, 6) is 0.323. The van der Waals surface area contributed by atoms with Gasteiger partial charge in [-0.25, -0.2) is 0 Å². The van der Waals surface area contributed by atoms with E-state index in [0.717, 1.165) is 22.0 Å². The van der Waals surface area contributed by atoms with Crippen molar-refractivity contribution in [2.45, 2.75) is 45.4 Å². The Kier molecular flexibility index (Phi) is 10.4. The van der Waals surface area contributed by atoms with Crippen molar-refractivity contribution >= 4 is 51.6 Å². The minimum absolute atomic E-state index is 0.0368. The van der Waals surface area contributed by atoms with Crippen molar-refractivity contribution in [3.63, 3.8) is 0 Å². The molecule has 0 radical (unpaired) electrons. The lowest BCUT2D eigenvalue weighted by molar-refractivity contribution is -0.134. The van der Waals surface area contributed by atoms with E-state index in [1.54, 1.807) is 11.0 Å². The maximum Gasteiger partial charge on any atom is 0.228 e. The molecule has 0 aliphatic carbocycles. The quantitative estimate of drug-likeness (QED) is 0.234. The summed E-state index contributed by atoms with van der Waals surface area (Å²) >= 11 is 12.4. The Morgan fingerprint density at radius 1 is 1.13 bits per heavy atom. The molecule has 3 atom stereocenters. The summed E-state index contributed by atoms with van der Waals surface area (Å²) in [5.41, 5.74) is 4.32. The SMILES string of the molecule is C[C@H](CO)N1C[C@H](C)[C@H](CN(C)Cc2ccc(Cl)c(Cl)c2)Oc2ccc(NC(=O)Cc3cn(C)c4ccccc34)cc2CC1=O. The third-order valence-corrected chi connectivity index (χ3v) is 9.20. The van der Waals surface area contributed by atoms with E-state index in [1.165, 1.54) is 0 Å². The predicted octanol–water partition coefficient (Wildman–Crippen LogP) is 5.95. The van der Waals surface area contributed by atoms with E-state index >= 15 is 0 Å². The molecule has 10 heteroatoms. The van der Waals surface area contributed by atoms with Crippen molar-refractivity contribution in [1.29, 1.82) is 0 Å². The first-order valence-electron chi connectivity index (χ1n) is 15.2. The average Bonchev–Trinajstić information content (AvgIpc) is 3.33. The number of hydrogen-bond acceptors (Lipinski definition) is 5. The van der Waals surface area contributed by atoms with E-state index in [1.807, 2.05) is 86.4 Å². The molecule has 1 aromatic heterocycles. The van der Waals surface area contributed by atoms with Crippen molar-refractivity contribution < 1.29 is 19.4 Å². The minimum atomic E-state index is -0.348. The number of aryl methyl sites for hydroxylation is 1. The number of nitrogens with zero attached hydrogens (tertiary/aromatic N) is 3. The molecule has 0 unspecified atom stereocenters. The fraction of sp³-hybridized carbons (Fsp3) is 0.371. The van der Waals surface area contributed by atoms with Crippen molar-refractivity contribution in [2.24, 2.45) is 13.0 Å². The third kappa shape index (κ3) is 7.82. The summed E-state index contributed by atoms with van der Waals surface area (Å²) in [6, 6.07) is 18.7. The molecule has 2 amide bonds. The monoisotopic (exact) mass is 650 g/mol. The number of hydrogen-bond donors (Lipinski definition) is 2. The summed E-state index contributed by atoms with van der Waals surface area (Å²) in [5, 5.41) is 15.1. The lowest BCUT2D eigenvalue weighted by Gasteiger charge is -2.34. The van der Waals surface area contributed by atoms with Gasteiger partial charge in [0.1, 0.15) is 11.9 Å². The van der Waals surface area contributed by atoms with Gasteiger partial charge in [-0.2, -0.15) is 0 Å². The molecule has 1 aliphatic rings. The second-order valence-electron chi connectivity index (χ2n) is 12.2. The summed E-state index contributed by atoms with van der Waals surface area (Å²) in [6.45, 7) is 5.43. The number of anilines is 1. The van der Waals surface area contributed by atoms with Crippen molar-refractivity contribution in [3.8, 4) is 5.75 Å². The van der Waals surface area contributed by atoms with Crippen molar-refractivity contribution in [2.75, 3.05) is 32.1 Å². The molecule has 2 N–H and O–H groups in total. The number of ether oxygens (including phenoxy) is 1. The van der Waals surface area contributed by atoms with E-state index < -0.39 is 0 Å². The van der Waals surface area contributed by atoms with Crippen LogP contribution in [0.3, 0.4) is 0 Å². The molecule has 4 aromatic rings. The van der Waals surface area contributed by atoms with E-state index in [9.17, 15) is 14.7 Å². The van der Waals surface area contributed by atoms with Crippen molar-refractivity contribution in [1.82, 2.24) is 14.4 Å². The van der Waals surface area contributed by atoms with Gasteiger partial charge in [0, 0.05) is 61.0 Å².